The van der Waals surface area contributed by atoms with Crippen molar-refractivity contribution >= 4 is 34.6 Å². The lowest BCUT2D eigenvalue weighted by Gasteiger charge is -2.26. The summed E-state index contributed by atoms with van der Waals surface area (Å²) in [6.45, 7) is 13.6. The lowest BCUT2D eigenvalue weighted by atomic mass is 9.79. The van der Waals surface area contributed by atoms with Crippen LogP contribution in [0.15, 0.2) is 186 Å². The van der Waals surface area contributed by atoms with Crippen LogP contribution in [-0.4, -0.2) is 5.71 Å². The summed E-state index contributed by atoms with van der Waals surface area (Å²) in [4.78, 5) is 5.52. The molecule has 4 aromatic rings. The van der Waals surface area contributed by atoms with Gasteiger partial charge in [0.1, 0.15) is 0 Å². The van der Waals surface area contributed by atoms with E-state index in [0.717, 1.165) is 88.9 Å². The smallest absolute Gasteiger partial charge is 0.0734 e. The molecular weight excluding hydrogens is 653 g/mol. The molecule has 54 heavy (non-hydrogen) atoms. The van der Waals surface area contributed by atoms with Gasteiger partial charge in [-0.05, 0) is 107 Å². The van der Waals surface area contributed by atoms with Crippen LogP contribution in [0.5, 0.6) is 0 Å². The Labute approximate surface area is 323 Å². The molecule has 0 saturated heterocycles. The Balaban J connectivity index is 1.53. The topological polar surface area (TPSA) is 38.4 Å². The first kappa shape index (κ1) is 37.8. The number of benzene rings is 4. The van der Waals surface area contributed by atoms with Crippen LogP contribution in [0, 0.1) is 0 Å². The standard InChI is InChI=1S/C52H52N2/c1-5-20-41-25-15-17-32-49(41)52(54-37-39-22-10-8-11-23-39)51-43(34-35-50(53)42-26-12-9-13-27-42)28-19-33-48(51)45-30-18-29-44(36-45)46(21-6-2)38(4)47-31-16-14-24-40(47)7-3/h5,7-12,14-18,20-26,29-33,35-36H,3-4,6,13,19,27-28,34,37,53H2,1-2H3/b20-5-,46-21+,50-35-,54-52?. The van der Waals surface area contributed by atoms with Crippen LogP contribution in [0.1, 0.15) is 91.3 Å². The molecule has 0 fully saturated rings. The SMILES string of the molecule is C=Cc1ccccc1C(=C)/C(=C\CC)c1cccc(C2=CCCC(C/C=C(\N)C3=CC=CCC3)=C2C(=NCc2ccccc2)c2ccccc2/C=C\C)c1. The molecule has 0 unspecified atom stereocenters. The maximum atomic E-state index is 6.78. The van der Waals surface area contributed by atoms with E-state index in [-0.39, 0.29) is 0 Å². The van der Waals surface area contributed by atoms with E-state index in [4.69, 9.17) is 10.7 Å². The van der Waals surface area contributed by atoms with Crippen molar-refractivity contribution in [2.45, 2.75) is 58.9 Å². The van der Waals surface area contributed by atoms with Crippen LogP contribution < -0.4 is 5.73 Å². The highest BCUT2D eigenvalue weighted by molar-refractivity contribution is 6.23. The van der Waals surface area contributed by atoms with Crippen molar-refractivity contribution in [2.24, 2.45) is 10.7 Å². The number of hydrogen-bond donors (Lipinski definition) is 1. The van der Waals surface area contributed by atoms with E-state index >= 15 is 0 Å². The third-order valence-electron chi connectivity index (χ3n) is 10.2. The molecule has 0 spiro atoms. The molecule has 270 valence electrons. The van der Waals surface area contributed by atoms with Crippen LogP contribution >= 0.6 is 0 Å². The summed E-state index contributed by atoms with van der Waals surface area (Å²) < 4.78 is 0. The molecule has 2 aliphatic rings. The van der Waals surface area contributed by atoms with Gasteiger partial charge in [-0.2, -0.15) is 0 Å². The summed E-state index contributed by atoms with van der Waals surface area (Å²) >= 11 is 0. The molecule has 0 atom stereocenters. The highest BCUT2D eigenvalue weighted by atomic mass is 14.7. The number of rotatable bonds is 14. The largest absolute Gasteiger partial charge is 0.399 e. The summed E-state index contributed by atoms with van der Waals surface area (Å²) in [5.41, 5.74) is 23.7. The Morgan fingerprint density at radius 1 is 0.833 bits per heavy atom. The first-order valence-electron chi connectivity index (χ1n) is 19.3. The maximum absolute atomic E-state index is 6.78. The first-order valence-corrected chi connectivity index (χ1v) is 19.3. The third-order valence-corrected chi connectivity index (χ3v) is 10.2. The maximum Gasteiger partial charge on any atom is 0.0734 e. The molecule has 0 aromatic heterocycles. The van der Waals surface area contributed by atoms with Crippen molar-refractivity contribution < 1.29 is 0 Å². The van der Waals surface area contributed by atoms with Crippen molar-refractivity contribution in [3.8, 4) is 0 Å². The number of nitrogens with two attached hydrogens (primary N) is 1. The molecule has 0 bridgehead atoms. The van der Waals surface area contributed by atoms with E-state index in [1.165, 1.54) is 33.4 Å². The van der Waals surface area contributed by atoms with Gasteiger partial charge in [0.25, 0.3) is 0 Å². The minimum absolute atomic E-state index is 0.577. The second-order valence-corrected chi connectivity index (χ2v) is 13.8. The van der Waals surface area contributed by atoms with E-state index < -0.39 is 0 Å². The zero-order valence-corrected chi connectivity index (χ0v) is 31.9. The monoisotopic (exact) mass is 704 g/mol. The lowest BCUT2D eigenvalue weighted by Crippen LogP contribution is -2.15. The Morgan fingerprint density at radius 2 is 1.59 bits per heavy atom. The van der Waals surface area contributed by atoms with Gasteiger partial charge in [0.15, 0.2) is 0 Å². The Kier molecular flexibility index (Phi) is 13.1. The predicted molar refractivity (Wildman–Crippen MR) is 236 cm³/mol. The van der Waals surface area contributed by atoms with Crippen molar-refractivity contribution in [3.63, 3.8) is 0 Å². The van der Waals surface area contributed by atoms with Gasteiger partial charge in [-0.25, -0.2) is 0 Å². The van der Waals surface area contributed by atoms with Crippen molar-refractivity contribution in [1.29, 1.82) is 0 Å². The quantitative estimate of drug-likeness (QED) is 0.103. The Bertz CT molecular complexity index is 2240. The van der Waals surface area contributed by atoms with Gasteiger partial charge >= 0.3 is 0 Å². The van der Waals surface area contributed by atoms with Gasteiger partial charge in [0.2, 0.25) is 0 Å². The molecular formula is C52H52N2. The van der Waals surface area contributed by atoms with Gasteiger partial charge in [0.05, 0.1) is 12.3 Å². The van der Waals surface area contributed by atoms with E-state index in [0.29, 0.717) is 6.54 Å². The van der Waals surface area contributed by atoms with Gasteiger partial charge in [-0.1, -0.05) is 177 Å². The summed E-state index contributed by atoms with van der Waals surface area (Å²) in [6, 6.07) is 36.5. The molecule has 0 amide bonds. The molecule has 2 nitrogen and oxygen atoms in total. The van der Waals surface area contributed by atoms with Crippen LogP contribution in [0.3, 0.4) is 0 Å². The van der Waals surface area contributed by atoms with E-state index in [2.05, 4.69) is 179 Å². The highest BCUT2D eigenvalue weighted by Gasteiger charge is 2.25. The second-order valence-electron chi connectivity index (χ2n) is 13.8. The third kappa shape index (κ3) is 8.96. The molecule has 0 aliphatic heterocycles. The fourth-order valence-electron chi connectivity index (χ4n) is 7.44. The van der Waals surface area contributed by atoms with Gasteiger partial charge in [0, 0.05) is 16.8 Å². The zero-order valence-electron chi connectivity index (χ0n) is 31.9. The summed E-state index contributed by atoms with van der Waals surface area (Å²) in [6.07, 6.45) is 25.2. The minimum atomic E-state index is 0.577. The fourth-order valence-corrected chi connectivity index (χ4v) is 7.44. The van der Waals surface area contributed by atoms with Crippen LogP contribution in [0.4, 0.5) is 0 Å². The summed E-state index contributed by atoms with van der Waals surface area (Å²) in [7, 11) is 0. The Hall–Kier alpha value is -5.99. The average Bonchev–Trinajstić information content (AvgIpc) is 3.23. The van der Waals surface area contributed by atoms with Crippen LogP contribution in [0.2, 0.25) is 0 Å². The fraction of sp³-hybridized carbons (Fsp3) is 0.173. The van der Waals surface area contributed by atoms with Crippen LogP contribution in [0.25, 0.3) is 28.9 Å². The van der Waals surface area contributed by atoms with E-state index in [1.807, 2.05) is 6.08 Å². The van der Waals surface area contributed by atoms with E-state index in [1.54, 1.807) is 0 Å². The average molecular weight is 705 g/mol. The van der Waals surface area contributed by atoms with Crippen molar-refractivity contribution in [1.82, 2.24) is 0 Å². The molecule has 6 rings (SSSR count). The minimum Gasteiger partial charge on any atom is -0.399 e. The van der Waals surface area contributed by atoms with Crippen molar-refractivity contribution in [2.75, 3.05) is 0 Å². The molecule has 0 saturated carbocycles. The van der Waals surface area contributed by atoms with Gasteiger partial charge in [-0.15, -0.1) is 0 Å². The van der Waals surface area contributed by atoms with Gasteiger partial charge < -0.3 is 5.73 Å². The molecule has 0 radical (unpaired) electrons. The number of allylic oxidation sites excluding steroid dienone is 13. The van der Waals surface area contributed by atoms with Gasteiger partial charge in [-0.3, -0.25) is 4.99 Å². The second kappa shape index (κ2) is 18.7. The number of aliphatic imine (C=N–C) groups is 1. The summed E-state index contributed by atoms with van der Waals surface area (Å²) in [5, 5.41) is 0. The molecule has 4 aromatic carbocycles. The van der Waals surface area contributed by atoms with Crippen molar-refractivity contribution in [3.05, 3.63) is 220 Å². The molecule has 0 heterocycles. The normalized spacial score (nSPS) is 15.3. The summed E-state index contributed by atoms with van der Waals surface area (Å²) in [5.74, 6) is 0. The first-order chi connectivity index (χ1) is 26.5. The molecule has 2 aliphatic carbocycles. The zero-order chi connectivity index (χ0) is 37.7. The predicted octanol–water partition coefficient (Wildman–Crippen LogP) is 13.5. The lowest BCUT2D eigenvalue weighted by molar-refractivity contribution is 0.908. The molecule has 2 heteroatoms. The van der Waals surface area contributed by atoms with E-state index in [9.17, 15) is 0 Å². The Morgan fingerprint density at radius 3 is 2.33 bits per heavy atom. The molecule has 2 N–H and O–H groups in total. The van der Waals surface area contributed by atoms with Crippen LogP contribution in [-0.2, 0) is 6.54 Å². The number of hydrogen-bond acceptors (Lipinski definition) is 2. The number of nitrogens with zero attached hydrogens (tertiary/aromatic N) is 1. The highest BCUT2D eigenvalue weighted by Crippen LogP contribution is 2.40.